The predicted molar refractivity (Wildman–Crippen MR) is 71.3 cm³/mol. The van der Waals surface area contributed by atoms with E-state index >= 15 is 0 Å². The van der Waals surface area contributed by atoms with Crippen LogP contribution in [0, 0.1) is 5.41 Å². The standard InChI is InChI=1S/C14H28N2O/c1-5-11-8-15-13(14(2,3)4)9-16(11)12-6-7-17-10-12/h11-13,15H,5-10H2,1-4H3. The van der Waals surface area contributed by atoms with Gasteiger partial charge in [-0.2, -0.15) is 0 Å². The third kappa shape index (κ3) is 3.01. The number of nitrogens with zero attached hydrogens (tertiary/aromatic N) is 1. The second-order valence-electron chi connectivity index (χ2n) is 6.60. The van der Waals surface area contributed by atoms with Crippen molar-refractivity contribution < 1.29 is 4.74 Å². The molecule has 0 aromatic heterocycles. The van der Waals surface area contributed by atoms with Crippen molar-refractivity contribution in [3.05, 3.63) is 0 Å². The van der Waals surface area contributed by atoms with Crippen molar-refractivity contribution in [1.29, 1.82) is 0 Å². The number of rotatable bonds is 2. The Morgan fingerprint density at radius 2 is 2.12 bits per heavy atom. The lowest BCUT2D eigenvalue weighted by atomic mass is 9.84. The minimum Gasteiger partial charge on any atom is -0.380 e. The van der Waals surface area contributed by atoms with Gasteiger partial charge in [0.1, 0.15) is 0 Å². The van der Waals surface area contributed by atoms with Crippen LogP contribution in [0.1, 0.15) is 40.5 Å². The zero-order chi connectivity index (χ0) is 12.5. The maximum atomic E-state index is 5.56. The van der Waals surface area contributed by atoms with Gasteiger partial charge >= 0.3 is 0 Å². The largest absolute Gasteiger partial charge is 0.380 e. The van der Waals surface area contributed by atoms with Crippen molar-refractivity contribution in [3.8, 4) is 0 Å². The van der Waals surface area contributed by atoms with Crippen LogP contribution >= 0.6 is 0 Å². The number of ether oxygens (including phenoxy) is 1. The molecule has 0 bridgehead atoms. The zero-order valence-electron chi connectivity index (χ0n) is 11.8. The van der Waals surface area contributed by atoms with Crippen LogP contribution < -0.4 is 5.32 Å². The average molecular weight is 240 g/mol. The highest BCUT2D eigenvalue weighted by molar-refractivity contribution is 4.94. The topological polar surface area (TPSA) is 24.5 Å². The molecule has 0 saturated carbocycles. The highest BCUT2D eigenvalue weighted by atomic mass is 16.5. The van der Waals surface area contributed by atoms with Crippen molar-refractivity contribution in [1.82, 2.24) is 10.2 Å². The van der Waals surface area contributed by atoms with E-state index in [2.05, 4.69) is 37.9 Å². The van der Waals surface area contributed by atoms with Gasteiger partial charge in [0.25, 0.3) is 0 Å². The molecule has 2 heterocycles. The van der Waals surface area contributed by atoms with Crippen LogP contribution in [0.15, 0.2) is 0 Å². The summed E-state index contributed by atoms with van der Waals surface area (Å²) in [6.45, 7) is 13.5. The van der Waals surface area contributed by atoms with E-state index in [4.69, 9.17) is 4.74 Å². The quantitative estimate of drug-likeness (QED) is 0.797. The molecule has 3 heteroatoms. The molecule has 3 nitrogen and oxygen atoms in total. The lowest BCUT2D eigenvalue weighted by Gasteiger charge is -2.47. The first-order valence-corrected chi connectivity index (χ1v) is 7.09. The van der Waals surface area contributed by atoms with Gasteiger partial charge in [0.2, 0.25) is 0 Å². The lowest BCUT2D eigenvalue weighted by Crippen LogP contribution is -2.62. The van der Waals surface area contributed by atoms with Crippen molar-refractivity contribution in [2.45, 2.75) is 58.7 Å². The summed E-state index contributed by atoms with van der Waals surface area (Å²) in [5, 5.41) is 3.73. The number of nitrogens with one attached hydrogen (secondary N) is 1. The fourth-order valence-corrected chi connectivity index (χ4v) is 3.01. The van der Waals surface area contributed by atoms with E-state index in [-0.39, 0.29) is 0 Å². The average Bonchev–Trinajstić information content (AvgIpc) is 2.80. The third-order valence-corrected chi connectivity index (χ3v) is 4.35. The zero-order valence-corrected chi connectivity index (χ0v) is 11.8. The van der Waals surface area contributed by atoms with Crippen molar-refractivity contribution in [2.75, 3.05) is 26.3 Å². The molecule has 2 aliphatic rings. The first kappa shape index (κ1) is 13.3. The van der Waals surface area contributed by atoms with Gasteiger partial charge in [-0.1, -0.05) is 27.7 Å². The smallest absolute Gasteiger partial charge is 0.0622 e. The van der Waals surface area contributed by atoms with Gasteiger partial charge in [0, 0.05) is 37.8 Å². The highest BCUT2D eigenvalue weighted by Gasteiger charge is 2.37. The summed E-state index contributed by atoms with van der Waals surface area (Å²) in [6, 6.07) is 1.96. The van der Waals surface area contributed by atoms with Crippen LogP contribution in [-0.4, -0.2) is 49.3 Å². The summed E-state index contributed by atoms with van der Waals surface area (Å²) in [6.07, 6.45) is 2.45. The molecular formula is C14H28N2O. The maximum Gasteiger partial charge on any atom is 0.0622 e. The van der Waals surface area contributed by atoms with Gasteiger partial charge < -0.3 is 10.1 Å². The molecule has 0 aliphatic carbocycles. The Hall–Kier alpha value is -0.120. The molecule has 1 N–H and O–H groups in total. The maximum absolute atomic E-state index is 5.56. The molecule has 2 saturated heterocycles. The summed E-state index contributed by atoms with van der Waals surface area (Å²) < 4.78 is 5.56. The first-order valence-electron chi connectivity index (χ1n) is 7.09. The van der Waals surface area contributed by atoms with E-state index in [1.807, 2.05) is 0 Å². The summed E-state index contributed by atoms with van der Waals surface area (Å²) in [7, 11) is 0. The second kappa shape index (κ2) is 5.25. The third-order valence-electron chi connectivity index (χ3n) is 4.35. The lowest BCUT2D eigenvalue weighted by molar-refractivity contribution is 0.0416. The van der Waals surface area contributed by atoms with Crippen LogP contribution in [0.5, 0.6) is 0 Å². The predicted octanol–water partition coefficient (Wildman–Crippen LogP) is 1.87. The molecule has 0 aromatic carbocycles. The molecule has 0 amide bonds. The molecule has 100 valence electrons. The Balaban J connectivity index is 2.03. The van der Waals surface area contributed by atoms with Gasteiger partial charge in [0.15, 0.2) is 0 Å². The van der Waals surface area contributed by atoms with Crippen LogP contribution in [-0.2, 0) is 4.74 Å². The SMILES string of the molecule is CCC1CNC(C(C)(C)C)CN1C1CCOC1. The highest BCUT2D eigenvalue weighted by Crippen LogP contribution is 2.27. The Kier molecular flexibility index (Phi) is 4.11. The van der Waals surface area contributed by atoms with Gasteiger partial charge in [-0.05, 0) is 18.3 Å². The molecule has 2 aliphatic heterocycles. The summed E-state index contributed by atoms with van der Waals surface area (Å²) in [5.74, 6) is 0. The Labute approximate surface area is 106 Å². The first-order chi connectivity index (χ1) is 8.02. The van der Waals surface area contributed by atoms with E-state index in [1.54, 1.807) is 0 Å². The summed E-state index contributed by atoms with van der Waals surface area (Å²) in [4.78, 5) is 2.71. The minimum atomic E-state index is 0.344. The van der Waals surface area contributed by atoms with Crippen molar-refractivity contribution in [3.63, 3.8) is 0 Å². The summed E-state index contributed by atoms with van der Waals surface area (Å²) in [5.41, 5.74) is 0.344. The Morgan fingerprint density at radius 3 is 2.65 bits per heavy atom. The Morgan fingerprint density at radius 1 is 1.35 bits per heavy atom. The molecule has 17 heavy (non-hydrogen) atoms. The van der Waals surface area contributed by atoms with E-state index < -0.39 is 0 Å². The fraction of sp³-hybridized carbons (Fsp3) is 1.00. The van der Waals surface area contributed by atoms with E-state index in [9.17, 15) is 0 Å². The van der Waals surface area contributed by atoms with Crippen LogP contribution in [0.2, 0.25) is 0 Å². The monoisotopic (exact) mass is 240 g/mol. The van der Waals surface area contributed by atoms with Gasteiger partial charge in [-0.15, -0.1) is 0 Å². The van der Waals surface area contributed by atoms with Crippen molar-refractivity contribution >= 4 is 0 Å². The van der Waals surface area contributed by atoms with Crippen LogP contribution in [0.25, 0.3) is 0 Å². The Bertz CT molecular complexity index is 241. The molecule has 0 radical (unpaired) electrons. The van der Waals surface area contributed by atoms with E-state index in [0.717, 1.165) is 19.8 Å². The molecule has 3 atom stereocenters. The number of hydrogen-bond acceptors (Lipinski definition) is 3. The molecule has 0 aromatic rings. The van der Waals surface area contributed by atoms with E-state index in [0.29, 0.717) is 23.5 Å². The van der Waals surface area contributed by atoms with E-state index in [1.165, 1.54) is 19.4 Å². The van der Waals surface area contributed by atoms with Gasteiger partial charge in [-0.3, -0.25) is 4.90 Å². The molecule has 3 unspecified atom stereocenters. The molecular weight excluding hydrogens is 212 g/mol. The molecule has 2 fully saturated rings. The fourth-order valence-electron chi connectivity index (χ4n) is 3.01. The van der Waals surface area contributed by atoms with Gasteiger partial charge in [-0.25, -0.2) is 0 Å². The summed E-state index contributed by atoms with van der Waals surface area (Å²) >= 11 is 0. The number of hydrogen-bond donors (Lipinski definition) is 1. The molecule has 2 rings (SSSR count). The van der Waals surface area contributed by atoms with Crippen LogP contribution in [0.4, 0.5) is 0 Å². The van der Waals surface area contributed by atoms with Gasteiger partial charge in [0.05, 0.1) is 6.61 Å². The minimum absolute atomic E-state index is 0.344. The van der Waals surface area contributed by atoms with Crippen LogP contribution in [0.3, 0.4) is 0 Å². The van der Waals surface area contributed by atoms with Crippen molar-refractivity contribution in [2.24, 2.45) is 5.41 Å². The molecule has 0 spiro atoms. The number of piperazine rings is 1. The normalized spacial score (nSPS) is 36.4. The second-order valence-corrected chi connectivity index (χ2v) is 6.60.